The first-order valence-electron chi connectivity index (χ1n) is 7.75. The second-order valence-electron chi connectivity index (χ2n) is 5.53. The Bertz CT molecular complexity index is 895. The number of rotatable bonds is 7. The molecule has 140 valence electrons. The zero-order chi connectivity index (χ0) is 20.0. The van der Waals surface area contributed by atoms with Gasteiger partial charge < -0.3 is 10.1 Å². The largest absolute Gasteiger partial charge is 0.456 e. The molecule has 2 aromatic carbocycles. The van der Waals surface area contributed by atoms with E-state index >= 15 is 0 Å². The van der Waals surface area contributed by atoms with Crippen LogP contribution in [0.25, 0.3) is 0 Å². The molecule has 0 bridgehead atoms. The van der Waals surface area contributed by atoms with Crippen LogP contribution in [0.2, 0.25) is 0 Å². The number of esters is 1. The van der Waals surface area contributed by atoms with Crippen molar-refractivity contribution in [1.82, 2.24) is 5.32 Å². The van der Waals surface area contributed by atoms with Crippen LogP contribution in [-0.2, 0) is 9.53 Å². The van der Waals surface area contributed by atoms with E-state index in [0.717, 1.165) is 18.2 Å². The number of hydrogen-bond acceptors (Lipinski definition) is 6. The van der Waals surface area contributed by atoms with E-state index in [9.17, 15) is 28.9 Å². The molecule has 0 spiro atoms. The lowest BCUT2D eigenvalue weighted by atomic mass is 10.1. The molecule has 27 heavy (non-hydrogen) atoms. The molecule has 0 unspecified atom stereocenters. The summed E-state index contributed by atoms with van der Waals surface area (Å²) in [5.41, 5.74) is 0.387. The van der Waals surface area contributed by atoms with Crippen molar-refractivity contribution in [2.45, 2.75) is 6.92 Å². The average molecular weight is 374 g/mol. The molecule has 0 atom stereocenters. The molecule has 0 aliphatic carbocycles. The highest BCUT2D eigenvalue weighted by Crippen LogP contribution is 2.19. The first kappa shape index (κ1) is 19.7. The predicted octanol–water partition coefficient (Wildman–Crippen LogP) is 2.20. The highest BCUT2D eigenvalue weighted by Gasteiger charge is 2.16. The lowest BCUT2D eigenvalue weighted by molar-refractivity contribution is -0.385. The summed E-state index contributed by atoms with van der Waals surface area (Å²) in [5.74, 6) is -2.58. The molecule has 0 saturated heterocycles. The second-order valence-corrected chi connectivity index (χ2v) is 5.53. The Hall–Kier alpha value is -3.62. The van der Waals surface area contributed by atoms with Crippen molar-refractivity contribution in [2.75, 3.05) is 13.2 Å². The van der Waals surface area contributed by atoms with E-state index in [-0.39, 0.29) is 16.8 Å². The molecule has 0 aromatic heterocycles. The van der Waals surface area contributed by atoms with Crippen molar-refractivity contribution in [1.29, 1.82) is 0 Å². The molecule has 0 aliphatic rings. The quantitative estimate of drug-likeness (QED) is 0.344. The molecule has 2 aromatic rings. The van der Waals surface area contributed by atoms with Crippen molar-refractivity contribution in [2.24, 2.45) is 0 Å². The Morgan fingerprint density at radius 1 is 1.11 bits per heavy atom. The molecule has 9 heteroatoms. The molecular formula is C18H15FN2O6. The van der Waals surface area contributed by atoms with Crippen LogP contribution < -0.4 is 5.32 Å². The number of Topliss-reactive ketones (excluding diaryl/α,β-unsaturated/α-hetero) is 1. The van der Waals surface area contributed by atoms with Crippen LogP contribution in [0.1, 0.15) is 26.3 Å². The second kappa shape index (κ2) is 8.65. The van der Waals surface area contributed by atoms with Gasteiger partial charge in [0.1, 0.15) is 12.4 Å². The van der Waals surface area contributed by atoms with Crippen molar-refractivity contribution in [3.8, 4) is 0 Å². The molecule has 0 heterocycles. The maximum absolute atomic E-state index is 12.8. The molecule has 0 aliphatic heterocycles. The number of carbonyl (C=O) groups is 3. The Kier molecular flexibility index (Phi) is 6.32. The molecule has 0 radical (unpaired) electrons. The van der Waals surface area contributed by atoms with Crippen molar-refractivity contribution in [3.05, 3.63) is 75.1 Å². The first-order valence-corrected chi connectivity index (χ1v) is 7.75. The summed E-state index contributed by atoms with van der Waals surface area (Å²) < 4.78 is 17.6. The van der Waals surface area contributed by atoms with Crippen LogP contribution in [-0.4, -0.2) is 35.7 Å². The number of nitrogens with zero attached hydrogens (tertiary/aromatic N) is 1. The zero-order valence-electron chi connectivity index (χ0n) is 14.2. The zero-order valence-corrected chi connectivity index (χ0v) is 14.2. The summed E-state index contributed by atoms with van der Waals surface area (Å²) in [6.07, 6.45) is 0. The van der Waals surface area contributed by atoms with E-state index in [4.69, 9.17) is 4.74 Å². The normalized spacial score (nSPS) is 10.1. The highest BCUT2D eigenvalue weighted by atomic mass is 19.1. The van der Waals surface area contributed by atoms with E-state index in [2.05, 4.69) is 5.32 Å². The third-order valence-corrected chi connectivity index (χ3v) is 3.59. The summed E-state index contributed by atoms with van der Waals surface area (Å²) in [6.45, 7) is 0.430. The standard InChI is InChI=1S/C18H15FN2O6/c1-11-2-3-13(8-15(11)21(25)26)16(22)10-27-17(23)9-20-18(24)12-4-6-14(19)7-5-12/h2-8H,9-10H2,1H3,(H,20,24). The number of nitrogens with one attached hydrogen (secondary N) is 1. The van der Waals surface area contributed by atoms with Gasteiger partial charge in [0.15, 0.2) is 6.61 Å². The van der Waals surface area contributed by atoms with E-state index in [1.165, 1.54) is 31.2 Å². The van der Waals surface area contributed by atoms with Crippen LogP contribution in [0.5, 0.6) is 0 Å². The van der Waals surface area contributed by atoms with Crippen LogP contribution in [0.15, 0.2) is 42.5 Å². The number of hydrogen-bond donors (Lipinski definition) is 1. The van der Waals surface area contributed by atoms with Crippen molar-refractivity contribution < 1.29 is 28.4 Å². The van der Waals surface area contributed by atoms with Crippen LogP contribution >= 0.6 is 0 Å². The van der Waals surface area contributed by atoms with Gasteiger partial charge in [-0.3, -0.25) is 24.5 Å². The maximum Gasteiger partial charge on any atom is 0.325 e. The fraction of sp³-hybridized carbons (Fsp3) is 0.167. The lowest BCUT2D eigenvalue weighted by Gasteiger charge is -2.07. The van der Waals surface area contributed by atoms with E-state index in [1.54, 1.807) is 0 Å². The summed E-state index contributed by atoms with van der Waals surface area (Å²) >= 11 is 0. The van der Waals surface area contributed by atoms with E-state index in [1.807, 2.05) is 0 Å². The fourth-order valence-electron chi connectivity index (χ4n) is 2.12. The highest BCUT2D eigenvalue weighted by molar-refractivity contribution is 5.99. The number of aryl methyl sites for hydroxylation is 1. The minimum Gasteiger partial charge on any atom is -0.456 e. The topological polar surface area (TPSA) is 116 Å². The first-order chi connectivity index (χ1) is 12.8. The maximum atomic E-state index is 12.8. The number of carbonyl (C=O) groups excluding carboxylic acids is 3. The van der Waals surface area contributed by atoms with Crippen molar-refractivity contribution >= 4 is 23.3 Å². The molecular weight excluding hydrogens is 359 g/mol. The van der Waals surface area contributed by atoms with Gasteiger partial charge in [-0.1, -0.05) is 12.1 Å². The SMILES string of the molecule is Cc1ccc(C(=O)COC(=O)CNC(=O)c2ccc(F)cc2)cc1[N+](=O)[O-]. The van der Waals surface area contributed by atoms with Gasteiger partial charge in [0, 0.05) is 22.8 Å². The molecule has 2 rings (SSSR count). The Morgan fingerprint density at radius 3 is 2.37 bits per heavy atom. The Balaban J connectivity index is 1.85. The number of nitro benzene ring substituents is 1. The van der Waals surface area contributed by atoms with Crippen LogP contribution in [0, 0.1) is 22.9 Å². The minimum absolute atomic E-state index is 0.0375. The number of nitro groups is 1. The fourth-order valence-corrected chi connectivity index (χ4v) is 2.12. The van der Waals surface area contributed by atoms with Gasteiger partial charge in [0.25, 0.3) is 11.6 Å². The molecule has 8 nitrogen and oxygen atoms in total. The van der Waals surface area contributed by atoms with Crippen molar-refractivity contribution in [3.63, 3.8) is 0 Å². The van der Waals surface area contributed by atoms with Gasteiger partial charge in [0.2, 0.25) is 5.78 Å². The molecule has 0 fully saturated rings. The van der Waals surface area contributed by atoms with Gasteiger partial charge in [-0.05, 0) is 31.2 Å². The van der Waals surface area contributed by atoms with E-state index in [0.29, 0.717) is 5.56 Å². The number of ether oxygens (including phenoxy) is 1. The van der Waals surface area contributed by atoms with E-state index < -0.39 is 41.6 Å². The number of benzene rings is 2. The lowest BCUT2D eigenvalue weighted by Crippen LogP contribution is -2.31. The number of amides is 1. The minimum atomic E-state index is -0.861. The van der Waals surface area contributed by atoms with Gasteiger partial charge in [-0.2, -0.15) is 0 Å². The van der Waals surface area contributed by atoms with Crippen LogP contribution in [0.4, 0.5) is 10.1 Å². The smallest absolute Gasteiger partial charge is 0.325 e. The average Bonchev–Trinajstić information content (AvgIpc) is 2.64. The Labute approximate surface area is 153 Å². The summed E-state index contributed by atoms with van der Waals surface area (Å²) in [5, 5.41) is 13.2. The summed E-state index contributed by atoms with van der Waals surface area (Å²) in [4.78, 5) is 45.7. The number of halogens is 1. The van der Waals surface area contributed by atoms with Gasteiger partial charge >= 0.3 is 5.97 Å². The predicted molar refractivity (Wildman–Crippen MR) is 91.9 cm³/mol. The monoisotopic (exact) mass is 374 g/mol. The molecule has 1 amide bonds. The molecule has 1 N–H and O–H groups in total. The summed E-state index contributed by atoms with van der Waals surface area (Å²) in [6, 6.07) is 8.65. The van der Waals surface area contributed by atoms with Gasteiger partial charge in [-0.25, -0.2) is 4.39 Å². The number of ketones is 1. The molecule has 0 saturated carbocycles. The third-order valence-electron chi connectivity index (χ3n) is 3.59. The third kappa shape index (κ3) is 5.43. The Morgan fingerprint density at radius 2 is 1.74 bits per heavy atom. The van der Waals surface area contributed by atoms with Crippen LogP contribution in [0.3, 0.4) is 0 Å². The van der Waals surface area contributed by atoms with Gasteiger partial charge in [0.05, 0.1) is 4.92 Å². The summed E-state index contributed by atoms with van der Waals surface area (Å²) in [7, 11) is 0. The van der Waals surface area contributed by atoms with Gasteiger partial charge in [-0.15, -0.1) is 0 Å².